The van der Waals surface area contributed by atoms with Crippen molar-refractivity contribution in [2.45, 2.75) is 26.2 Å². The number of halogens is 2. The molecule has 0 aromatic heterocycles. The van der Waals surface area contributed by atoms with E-state index >= 15 is 0 Å². The first-order valence-corrected chi connectivity index (χ1v) is 6.87. The van der Waals surface area contributed by atoms with Gasteiger partial charge in [0, 0.05) is 21.6 Å². The summed E-state index contributed by atoms with van der Waals surface area (Å²) in [6, 6.07) is 5.98. The highest BCUT2D eigenvalue weighted by atomic mass is 127. The highest BCUT2D eigenvalue weighted by molar-refractivity contribution is 14.1. The van der Waals surface area contributed by atoms with Gasteiger partial charge in [0.25, 0.3) is 0 Å². The molecule has 0 bridgehead atoms. The lowest BCUT2D eigenvalue weighted by atomic mass is 10.2. The molecule has 16 heavy (non-hydrogen) atoms. The molecule has 0 aliphatic rings. The largest absolute Gasteiger partial charge is 0.326 e. The molecule has 0 saturated carbocycles. The van der Waals surface area contributed by atoms with Crippen LogP contribution in [0, 0.1) is 10.5 Å². The van der Waals surface area contributed by atoms with Crippen LogP contribution in [0.3, 0.4) is 0 Å². The van der Waals surface area contributed by atoms with Gasteiger partial charge in [-0.1, -0.05) is 0 Å². The molecule has 0 radical (unpaired) electrons. The lowest BCUT2D eigenvalue weighted by Crippen LogP contribution is -2.12. The molecule has 1 rings (SSSR count). The van der Waals surface area contributed by atoms with Crippen molar-refractivity contribution < 1.29 is 4.79 Å². The third-order valence-corrected chi connectivity index (χ3v) is 3.19. The van der Waals surface area contributed by atoms with Crippen LogP contribution in [0.2, 0.25) is 0 Å². The molecule has 2 nitrogen and oxygen atoms in total. The summed E-state index contributed by atoms with van der Waals surface area (Å²) in [5.41, 5.74) is 1.99. The predicted octanol–water partition coefficient (Wildman–Crippen LogP) is 3.95. The minimum absolute atomic E-state index is 0.0643. The summed E-state index contributed by atoms with van der Waals surface area (Å²) in [6.45, 7) is 2.00. The summed E-state index contributed by atoms with van der Waals surface area (Å²) in [5, 5.41) is 2.91. The summed E-state index contributed by atoms with van der Waals surface area (Å²) in [5.74, 6) is 0.685. The van der Waals surface area contributed by atoms with Gasteiger partial charge in [-0.15, -0.1) is 11.6 Å². The highest BCUT2D eigenvalue weighted by Gasteiger charge is 2.04. The van der Waals surface area contributed by atoms with E-state index in [0.717, 1.165) is 24.1 Å². The number of rotatable bonds is 5. The quantitative estimate of drug-likeness (QED) is 0.486. The van der Waals surface area contributed by atoms with Gasteiger partial charge in [0.15, 0.2) is 0 Å². The minimum Gasteiger partial charge on any atom is -0.326 e. The topological polar surface area (TPSA) is 29.1 Å². The fourth-order valence-corrected chi connectivity index (χ4v) is 2.20. The lowest BCUT2D eigenvalue weighted by Gasteiger charge is -2.08. The van der Waals surface area contributed by atoms with Gasteiger partial charge in [-0.05, 0) is 66.1 Å². The van der Waals surface area contributed by atoms with E-state index in [1.54, 1.807) is 0 Å². The molecule has 88 valence electrons. The van der Waals surface area contributed by atoms with Gasteiger partial charge in [0.1, 0.15) is 0 Å². The molecule has 1 N–H and O–H groups in total. The number of alkyl halides is 1. The lowest BCUT2D eigenvalue weighted by molar-refractivity contribution is -0.116. The number of anilines is 1. The SMILES string of the molecule is Cc1cc(I)ccc1NC(=O)CCCCCl. The van der Waals surface area contributed by atoms with E-state index in [2.05, 4.69) is 34.0 Å². The molecular formula is C12H15ClINO. The van der Waals surface area contributed by atoms with Crippen LogP contribution in [-0.4, -0.2) is 11.8 Å². The number of hydrogen-bond acceptors (Lipinski definition) is 1. The first-order chi connectivity index (χ1) is 7.63. The zero-order chi connectivity index (χ0) is 12.0. The second-order valence-electron chi connectivity index (χ2n) is 3.65. The van der Waals surface area contributed by atoms with E-state index < -0.39 is 0 Å². The Balaban J connectivity index is 2.49. The van der Waals surface area contributed by atoms with Crippen molar-refractivity contribution in [3.63, 3.8) is 0 Å². The van der Waals surface area contributed by atoms with Gasteiger partial charge in [-0.25, -0.2) is 0 Å². The van der Waals surface area contributed by atoms with Gasteiger partial charge >= 0.3 is 0 Å². The molecule has 0 aliphatic heterocycles. The number of benzene rings is 1. The van der Waals surface area contributed by atoms with E-state index in [-0.39, 0.29) is 5.91 Å². The second-order valence-corrected chi connectivity index (χ2v) is 5.28. The number of carbonyl (C=O) groups is 1. The van der Waals surface area contributed by atoms with Crippen LogP contribution < -0.4 is 5.32 Å². The van der Waals surface area contributed by atoms with Crippen molar-refractivity contribution in [2.75, 3.05) is 11.2 Å². The minimum atomic E-state index is 0.0643. The Bertz CT molecular complexity index is 368. The predicted molar refractivity (Wildman–Crippen MR) is 77.1 cm³/mol. The first-order valence-electron chi connectivity index (χ1n) is 5.25. The fraction of sp³-hybridized carbons (Fsp3) is 0.417. The molecule has 0 unspecified atom stereocenters. The molecule has 0 atom stereocenters. The Hall–Kier alpha value is -0.290. The van der Waals surface area contributed by atoms with Crippen molar-refractivity contribution in [3.8, 4) is 0 Å². The Morgan fingerprint density at radius 2 is 2.19 bits per heavy atom. The zero-order valence-corrected chi connectivity index (χ0v) is 12.1. The molecule has 0 aliphatic carbocycles. The molecule has 0 fully saturated rings. The number of carbonyl (C=O) groups excluding carboxylic acids is 1. The molecule has 1 aromatic carbocycles. The molecule has 1 amide bonds. The Kier molecular flexibility index (Phi) is 6.13. The van der Waals surface area contributed by atoms with Crippen LogP contribution in [0.25, 0.3) is 0 Å². The number of hydrogen-bond donors (Lipinski definition) is 1. The van der Waals surface area contributed by atoms with Crippen molar-refractivity contribution in [1.82, 2.24) is 0 Å². The van der Waals surface area contributed by atoms with E-state index in [1.165, 1.54) is 3.57 Å². The summed E-state index contributed by atoms with van der Waals surface area (Å²) < 4.78 is 1.18. The Labute approximate surface area is 115 Å². The van der Waals surface area contributed by atoms with E-state index in [0.29, 0.717) is 12.3 Å². The number of amides is 1. The summed E-state index contributed by atoms with van der Waals surface area (Å²) in [4.78, 5) is 11.6. The Morgan fingerprint density at radius 1 is 1.44 bits per heavy atom. The monoisotopic (exact) mass is 351 g/mol. The van der Waals surface area contributed by atoms with Gasteiger partial charge in [0.2, 0.25) is 5.91 Å². The molecule has 1 aromatic rings. The second kappa shape index (κ2) is 7.12. The summed E-state index contributed by atoms with van der Waals surface area (Å²) in [6.07, 6.45) is 2.28. The van der Waals surface area contributed by atoms with Crippen LogP contribution in [0.4, 0.5) is 5.69 Å². The van der Waals surface area contributed by atoms with Crippen LogP contribution in [0.5, 0.6) is 0 Å². The first kappa shape index (κ1) is 13.8. The number of aryl methyl sites for hydroxylation is 1. The van der Waals surface area contributed by atoms with Crippen LogP contribution >= 0.6 is 34.2 Å². The fourth-order valence-electron chi connectivity index (χ4n) is 1.36. The van der Waals surface area contributed by atoms with Gasteiger partial charge in [-0.3, -0.25) is 4.79 Å². The van der Waals surface area contributed by atoms with Gasteiger partial charge in [0.05, 0.1) is 0 Å². The van der Waals surface area contributed by atoms with E-state index in [1.807, 2.05) is 19.1 Å². The molecule has 0 spiro atoms. The third-order valence-electron chi connectivity index (χ3n) is 2.25. The van der Waals surface area contributed by atoms with E-state index in [4.69, 9.17) is 11.6 Å². The maximum atomic E-state index is 11.6. The van der Waals surface area contributed by atoms with Gasteiger partial charge in [-0.2, -0.15) is 0 Å². The average molecular weight is 352 g/mol. The standard InChI is InChI=1S/C12H15ClINO/c1-9-8-10(14)5-6-11(9)15-12(16)4-2-3-7-13/h5-6,8H,2-4,7H2,1H3,(H,15,16). The van der Waals surface area contributed by atoms with Crippen LogP contribution in [0.15, 0.2) is 18.2 Å². The average Bonchev–Trinajstić information content (AvgIpc) is 2.23. The molecule has 0 saturated heterocycles. The normalized spacial score (nSPS) is 10.2. The maximum Gasteiger partial charge on any atom is 0.224 e. The number of unbranched alkanes of at least 4 members (excludes halogenated alkanes) is 1. The van der Waals surface area contributed by atoms with E-state index in [9.17, 15) is 4.79 Å². The molecule has 0 heterocycles. The van der Waals surface area contributed by atoms with Crippen molar-refractivity contribution in [3.05, 3.63) is 27.3 Å². The van der Waals surface area contributed by atoms with Crippen molar-refractivity contribution >= 4 is 45.8 Å². The summed E-state index contributed by atoms with van der Waals surface area (Å²) in [7, 11) is 0. The van der Waals surface area contributed by atoms with Crippen molar-refractivity contribution in [2.24, 2.45) is 0 Å². The maximum absolute atomic E-state index is 11.6. The highest BCUT2D eigenvalue weighted by Crippen LogP contribution is 2.18. The summed E-state index contributed by atoms with van der Waals surface area (Å²) >= 11 is 7.81. The van der Waals surface area contributed by atoms with Crippen LogP contribution in [-0.2, 0) is 4.79 Å². The third kappa shape index (κ3) is 4.70. The smallest absolute Gasteiger partial charge is 0.224 e. The zero-order valence-electron chi connectivity index (χ0n) is 9.22. The molecular weight excluding hydrogens is 336 g/mol. The van der Waals surface area contributed by atoms with Crippen LogP contribution in [0.1, 0.15) is 24.8 Å². The number of nitrogens with one attached hydrogen (secondary N) is 1. The Morgan fingerprint density at radius 3 is 2.81 bits per heavy atom. The van der Waals surface area contributed by atoms with Crippen molar-refractivity contribution in [1.29, 1.82) is 0 Å². The van der Waals surface area contributed by atoms with Gasteiger partial charge < -0.3 is 5.32 Å². The molecule has 4 heteroatoms.